The maximum Gasteiger partial charge on any atom is 0.255 e. The van der Waals surface area contributed by atoms with Crippen LogP contribution in [0.15, 0.2) is 60.8 Å². The maximum absolute atomic E-state index is 12.5. The van der Waals surface area contributed by atoms with Crippen LogP contribution in [-0.4, -0.2) is 41.1 Å². The fourth-order valence-corrected chi connectivity index (χ4v) is 2.48. The highest BCUT2D eigenvalue weighted by Gasteiger charge is 2.18. The molecule has 0 spiro atoms. The number of hydrogen-bond donors (Lipinski definition) is 2. The zero-order chi connectivity index (χ0) is 17.6. The second-order valence-electron chi connectivity index (χ2n) is 5.38. The minimum atomic E-state index is -0.276. The third-order valence-corrected chi connectivity index (χ3v) is 3.74. The van der Waals surface area contributed by atoms with Gasteiger partial charge in [0, 0.05) is 18.3 Å². The minimum Gasteiger partial charge on any atom is -0.497 e. The third-order valence-electron chi connectivity index (χ3n) is 3.74. The summed E-state index contributed by atoms with van der Waals surface area (Å²) in [5.74, 6) is 0.458. The topological polar surface area (TPSA) is 76.4 Å². The minimum absolute atomic E-state index is 0.115. The molecule has 6 nitrogen and oxygen atoms in total. The molecule has 0 radical (unpaired) electrons. The largest absolute Gasteiger partial charge is 0.497 e. The Balaban J connectivity index is 2.04. The SMILES string of the molecule is COc1ccc(-c2nn(-c3ccccc3)cc2C(=O)NCCO)cc1. The van der Waals surface area contributed by atoms with Gasteiger partial charge in [0.25, 0.3) is 5.91 Å². The number of carbonyl (C=O) groups is 1. The first-order chi connectivity index (χ1) is 12.2. The van der Waals surface area contributed by atoms with Gasteiger partial charge < -0.3 is 15.2 Å². The van der Waals surface area contributed by atoms with Gasteiger partial charge in [0.1, 0.15) is 11.4 Å². The summed E-state index contributed by atoms with van der Waals surface area (Å²) in [7, 11) is 1.60. The van der Waals surface area contributed by atoms with E-state index in [1.165, 1.54) is 0 Å². The standard InChI is InChI=1S/C19H19N3O3/c1-25-16-9-7-14(8-10-16)18-17(19(24)20-11-12-23)13-22(21-18)15-5-3-2-4-6-15/h2-10,13,23H,11-12H2,1H3,(H,20,24). The molecule has 3 aromatic rings. The molecule has 6 heteroatoms. The van der Waals surface area contributed by atoms with Gasteiger partial charge in [0.05, 0.1) is 25.0 Å². The summed E-state index contributed by atoms with van der Waals surface area (Å²) >= 11 is 0. The smallest absolute Gasteiger partial charge is 0.255 e. The molecule has 1 amide bonds. The second-order valence-corrected chi connectivity index (χ2v) is 5.38. The molecule has 0 saturated carbocycles. The number of aromatic nitrogens is 2. The van der Waals surface area contributed by atoms with Crippen molar-refractivity contribution in [3.8, 4) is 22.7 Å². The summed E-state index contributed by atoms with van der Waals surface area (Å²) in [5.41, 5.74) is 2.69. The van der Waals surface area contributed by atoms with E-state index in [2.05, 4.69) is 10.4 Å². The lowest BCUT2D eigenvalue weighted by atomic mass is 10.1. The maximum atomic E-state index is 12.5. The molecule has 0 saturated heterocycles. The Kier molecular flexibility index (Phi) is 5.11. The Morgan fingerprint density at radius 1 is 1.16 bits per heavy atom. The van der Waals surface area contributed by atoms with Crippen molar-refractivity contribution in [1.82, 2.24) is 15.1 Å². The molecule has 0 aliphatic rings. The van der Waals surface area contributed by atoms with Gasteiger partial charge in [0.2, 0.25) is 0 Å². The van der Waals surface area contributed by atoms with Crippen molar-refractivity contribution in [2.45, 2.75) is 0 Å². The zero-order valence-corrected chi connectivity index (χ0v) is 13.8. The average molecular weight is 337 g/mol. The Labute approximate surface area is 145 Å². The van der Waals surface area contributed by atoms with E-state index in [0.717, 1.165) is 17.0 Å². The monoisotopic (exact) mass is 337 g/mol. The first-order valence-electron chi connectivity index (χ1n) is 7.91. The van der Waals surface area contributed by atoms with Crippen molar-refractivity contribution in [2.75, 3.05) is 20.3 Å². The van der Waals surface area contributed by atoms with Crippen LogP contribution >= 0.6 is 0 Å². The summed E-state index contributed by atoms with van der Waals surface area (Å²) in [6.07, 6.45) is 1.70. The molecule has 2 N–H and O–H groups in total. The van der Waals surface area contributed by atoms with Crippen molar-refractivity contribution in [3.63, 3.8) is 0 Å². The number of aliphatic hydroxyl groups is 1. The number of ether oxygens (including phenoxy) is 1. The molecule has 25 heavy (non-hydrogen) atoms. The highest BCUT2D eigenvalue weighted by molar-refractivity contribution is 5.99. The van der Waals surface area contributed by atoms with Gasteiger partial charge in [-0.2, -0.15) is 5.10 Å². The van der Waals surface area contributed by atoms with Crippen LogP contribution in [0.3, 0.4) is 0 Å². The van der Waals surface area contributed by atoms with E-state index in [4.69, 9.17) is 9.84 Å². The van der Waals surface area contributed by atoms with Crippen molar-refractivity contribution in [3.05, 3.63) is 66.4 Å². The number of hydrogen-bond acceptors (Lipinski definition) is 4. The van der Waals surface area contributed by atoms with E-state index in [1.807, 2.05) is 54.6 Å². The number of aliphatic hydroxyl groups excluding tert-OH is 1. The van der Waals surface area contributed by atoms with Crippen molar-refractivity contribution in [1.29, 1.82) is 0 Å². The predicted molar refractivity (Wildman–Crippen MR) is 95.0 cm³/mol. The molecule has 128 valence electrons. The van der Waals surface area contributed by atoms with E-state index in [0.29, 0.717) is 11.3 Å². The number of rotatable bonds is 6. The summed E-state index contributed by atoms with van der Waals surface area (Å²) in [5, 5.41) is 16.2. The zero-order valence-electron chi connectivity index (χ0n) is 13.8. The van der Waals surface area contributed by atoms with Crippen molar-refractivity contribution < 1.29 is 14.6 Å². The van der Waals surface area contributed by atoms with Gasteiger partial charge in [-0.25, -0.2) is 4.68 Å². The van der Waals surface area contributed by atoms with E-state index < -0.39 is 0 Å². The lowest BCUT2D eigenvalue weighted by Gasteiger charge is -2.04. The second kappa shape index (κ2) is 7.63. The van der Waals surface area contributed by atoms with Crippen LogP contribution in [0.2, 0.25) is 0 Å². The molecule has 0 aliphatic carbocycles. The molecule has 0 fully saturated rings. The Morgan fingerprint density at radius 2 is 1.88 bits per heavy atom. The van der Waals surface area contributed by atoms with Crippen LogP contribution in [-0.2, 0) is 0 Å². The van der Waals surface area contributed by atoms with Crippen LogP contribution in [0.1, 0.15) is 10.4 Å². The number of nitrogens with one attached hydrogen (secondary N) is 1. The molecule has 0 bridgehead atoms. The van der Waals surface area contributed by atoms with Crippen LogP contribution in [0.25, 0.3) is 16.9 Å². The average Bonchev–Trinajstić information content (AvgIpc) is 3.12. The number of methoxy groups -OCH3 is 1. The molecule has 2 aromatic carbocycles. The van der Waals surface area contributed by atoms with E-state index in [1.54, 1.807) is 18.0 Å². The number of para-hydroxylation sites is 1. The highest BCUT2D eigenvalue weighted by Crippen LogP contribution is 2.25. The highest BCUT2D eigenvalue weighted by atomic mass is 16.5. The molecule has 0 unspecified atom stereocenters. The Bertz CT molecular complexity index is 842. The van der Waals surface area contributed by atoms with Gasteiger partial charge in [-0.3, -0.25) is 4.79 Å². The summed E-state index contributed by atoms with van der Waals surface area (Å²) in [4.78, 5) is 12.5. The Hall–Kier alpha value is -3.12. The van der Waals surface area contributed by atoms with Gasteiger partial charge in [0.15, 0.2) is 0 Å². The first-order valence-corrected chi connectivity index (χ1v) is 7.91. The van der Waals surface area contributed by atoms with E-state index in [-0.39, 0.29) is 19.1 Å². The number of carbonyl (C=O) groups excluding carboxylic acids is 1. The number of amides is 1. The fourth-order valence-electron chi connectivity index (χ4n) is 2.48. The first kappa shape index (κ1) is 16.7. The lowest BCUT2D eigenvalue weighted by Crippen LogP contribution is -2.26. The van der Waals surface area contributed by atoms with Crippen LogP contribution in [0.4, 0.5) is 0 Å². The summed E-state index contributed by atoms with van der Waals surface area (Å²) in [6.45, 7) is 0.0772. The predicted octanol–water partition coefficient (Wildman–Crippen LogP) is 2.27. The fraction of sp³-hybridized carbons (Fsp3) is 0.158. The number of nitrogens with zero attached hydrogens (tertiary/aromatic N) is 2. The molecular weight excluding hydrogens is 318 g/mol. The molecule has 0 aliphatic heterocycles. The quantitative estimate of drug-likeness (QED) is 0.723. The van der Waals surface area contributed by atoms with Gasteiger partial charge in [-0.05, 0) is 36.4 Å². The van der Waals surface area contributed by atoms with E-state index in [9.17, 15) is 4.79 Å². The molecule has 3 rings (SSSR count). The van der Waals surface area contributed by atoms with Crippen molar-refractivity contribution in [2.24, 2.45) is 0 Å². The van der Waals surface area contributed by atoms with E-state index >= 15 is 0 Å². The van der Waals surface area contributed by atoms with Gasteiger partial charge in [-0.15, -0.1) is 0 Å². The normalized spacial score (nSPS) is 10.5. The molecule has 0 atom stereocenters. The van der Waals surface area contributed by atoms with Gasteiger partial charge in [-0.1, -0.05) is 18.2 Å². The van der Waals surface area contributed by atoms with Gasteiger partial charge >= 0.3 is 0 Å². The molecular formula is C19H19N3O3. The van der Waals surface area contributed by atoms with Crippen LogP contribution < -0.4 is 10.1 Å². The molecule has 1 aromatic heterocycles. The molecule has 1 heterocycles. The third kappa shape index (κ3) is 3.70. The van der Waals surface area contributed by atoms with Crippen LogP contribution in [0, 0.1) is 0 Å². The summed E-state index contributed by atoms with van der Waals surface area (Å²) in [6, 6.07) is 17.0. The summed E-state index contributed by atoms with van der Waals surface area (Å²) < 4.78 is 6.85. The van der Waals surface area contributed by atoms with Crippen LogP contribution in [0.5, 0.6) is 5.75 Å². The Morgan fingerprint density at radius 3 is 2.52 bits per heavy atom. The number of benzene rings is 2. The van der Waals surface area contributed by atoms with Crippen molar-refractivity contribution >= 4 is 5.91 Å². The lowest BCUT2D eigenvalue weighted by molar-refractivity contribution is 0.0945.